The van der Waals surface area contributed by atoms with Crippen LogP contribution in [0, 0.1) is 0 Å². The first-order valence-corrected chi connectivity index (χ1v) is 10.4. The molecule has 0 atom stereocenters. The minimum absolute atomic E-state index is 0.0505. The van der Waals surface area contributed by atoms with E-state index < -0.39 is 0 Å². The number of nitrogens with one attached hydrogen (secondary N) is 2. The molecule has 0 unspecified atom stereocenters. The van der Waals surface area contributed by atoms with Crippen LogP contribution in [0.2, 0.25) is 0 Å². The summed E-state index contributed by atoms with van der Waals surface area (Å²) in [6.45, 7) is 4.20. The number of amides is 2. The summed E-state index contributed by atoms with van der Waals surface area (Å²) in [4.78, 5) is 28.3. The predicted molar refractivity (Wildman–Crippen MR) is 120 cm³/mol. The van der Waals surface area contributed by atoms with Gasteiger partial charge in [0.15, 0.2) is 5.78 Å². The van der Waals surface area contributed by atoms with Crippen molar-refractivity contribution in [1.82, 2.24) is 10.3 Å². The Kier molecular flexibility index (Phi) is 7.34. The molecule has 0 fully saturated rings. The third-order valence-electron chi connectivity index (χ3n) is 4.02. The average molecular weight is 422 g/mol. The third-order valence-corrected chi connectivity index (χ3v) is 4.66. The number of nitrogens with zero attached hydrogens (tertiary/aromatic N) is 1. The number of carbonyl (C=O) groups is 2. The maximum absolute atomic E-state index is 12.4. The van der Waals surface area contributed by atoms with Gasteiger partial charge in [0.1, 0.15) is 12.4 Å². The quantitative estimate of drug-likeness (QED) is 0.389. The Bertz CT molecular complexity index is 995. The molecule has 1 heterocycles. The number of ether oxygens (including phenoxy) is 1. The molecular formula is C23H23N3O3S. The van der Waals surface area contributed by atoms with Gasteiger partial charge >= 0.3 is 6.03 Å². The molecule has 0 radical (unpaired) electrons. The van der Waals surface area contributed by atoms with Crippen molar-refractivity contribution < 1.29 is 14.3 Å². The number of hydrogen-bond acceptors (Lipinski definition) is 5. The molecule has 154 valence electrons. The fourth-order valence-corrected chi connectivity index (χ4v) is 3.10. The van der Waals surface area contributed by atoms with Gasteiger partial charge in [-0.15, -0.1) is 11.3 Å². The smallest absolute Gasteiger partial charge is 0.319 e. The van der Waals surface area contributed by atoms with E-state index in [0.29, 0.717) is 17.9 Å². The Morgan fingerprint density at radius 1 is 1.10 bits per heavy atom. The van der Waals surface area contributed by atoms with Gasteiger partial charge in [0.25, 0.3) is 0 Å². The van der Waals surface area contributed by atoms with E-state index in [2.05, 4.69) is 15.6 Å². The van der Waals surface area contributed by atoms with Gasteiger partial charge in [-0.3, -0.25) is 4.79 Å². The standard InChI is InChI=1S/C23H23N3O3S/c1-16(2)25-23(28)26-19-8-6-18(7-9-19)22(27)12-5-17-3-10-21(11-4-17)29-13-20-14-30-15-24-20/h3-12,14-16H,13H2,1-2H3,(H2,25,26,28). The summed E-state index contributed by atoms with van der Waals surface area (Å²) in [5.41, 5.74) is 4.74. The molecular weight excluding hydrogens is 398 g/mol. The molecule has 2 N–H and O–H groups in total. The summed E-state index contributed by atoms with van der Waals surface area (Å²) in [7, 11) is 0. The minimum atomic E-state index is -0.275. The SMILES string of the molecule is CC(C)NC(=O)Nc1ccc(C(=O)C=Cc2ccc(OCc3cscn3)cc2)cc1. The van der Waals surface area contributed by atoms with Crippen LogP contribution in [0.5, 0.6) is 5.75 Å². The van der Waals surface area contributed by atoms with E-state index in [0.717, 1.165) is 17.0 Å². The largest absolute Gasteiger partial charge is 0.487 e. The number of thiazole rings is 1. The number of hydrogen-bond donors (Lipinski definition) is 2. The number of aromatic nitrogens is 1. The first-order valence-electron chi connectivity index (χ1n) is 9.49. The number of ketones is 1. The van der Waals surface area contributed by atoms with Crippen molar-refractivity contribution in [2.24, 2.45) is 0 Å². The summed E-state index contributed by atoms with van der Waals surface area (Å²) < 4.78 is 5.68. The van der Waals surface area contributed by atoms with E-state index in [1.165, 1.54) is 17.4 Å². The number of anilines is 1. The summed E-state index contributed by atoms with van der Waals surface area (Å²) in [5, 5.41) is 7.42. The Hall–Kier alpha value is -3.45. The highest BCUT2D eigenvalue weighted by atomic mass is 32.1. The lowest BCUT2D eigenvalue weighted by Crippen LogP contribution is -2.34. The zero-order valence-corrected chi connectivity index (χ0v) is 17.6. The van der Waals surface area contributed by atoms with Crippen molar-refractivity contribution in [2.45, 2.75) is 26.5 Å². The lowest BCUT2D eigenvalue weighted by Gasteiger charge is -2.10. The Morgan fingerprint density at radius 3 is 2.47 bits per heavy atom. The Morgan fingerprint density at radius 2 is 1.83 bits per heavy atom. The number of carbonyl (C=O) groups excluding carboxylic acids is 2. The molecule has 0 saturated heterocycles. The highest BCUT2D eigenvalue weighted by Crippen LogP contribution is 2.16. The molecule has 3 aromatic rings. The molecule has 30 heavy (non-hydrogen) atoms. The third kappa shape index (κ3) is 6.56. The van der Waals surface area contributed by atoms with Gasteiger partial charge in [-0.05, 0) is 61.9 Å². The number of allylic oxidation sites excluding steroid dienone is 1. The monoisotopic (exact) mass is 421 g/mol. The van der Waals surface area contributed by atoms with Gasteiger partial charge in [-0.25, -0.2) is 9.78 Å². The number of benzene rings is 2. The normalized spacial score (nSPS) is 10.9. The van der Waals surface area contributed by atoms with E-state index in [1.54, 1.807) is 35.9 Å². The molecule has 2 aromatic carbocycles. The zero-order chi connectivity index (χ0) is 21.3. The van der Waals surface area contributed by atoms with E-state index in [-0.39, 0.29) is 17.9 Å². The second kappa shape index (κ2) is 10.4. The van der Waals surface area contributed by atoms with Crippen LogP contribution in [-0.4, -0.2) is 22.8 Å². The maximum atomic E-state index is 12.4. The van der Waals surface area contributed by atoms with Crippen LogP contribution >= 0.6 is 11.3 Å². The average Bonchev–Trinajstić information content (AvgIpc) is 3.25. The van der Waals surface area contributed by atoms with Crippen LogP contribution in [0.4, 0.5) is 10.5 Å². The lowest BCUT2D eigenvalue weighted by atomic mass is 10.1. The van der Waals surface area contributed by atoms with Crippen LogP contribution < -0.4 is 15.4 Å². The van der Waals surface area contributed by atoms with Crippen LogP contribution in [-0.2, 0) is 6.61 Å². The van der Waals surface area contributed by atoms with Crippen molar-refractivity contribution in [2.75, 3.05) is 5.32 Å². The minimum Gasteiger partial charge on any atom is -0.487 e. The lowest BCUT2D eigenvalue weighted by molar-refractivity contribution is 0.104. The van der Waals surface area contributed by atoms with Crippen molar-refractivity contribution in [3.8, 4) is 5.75 Å². The summed E-state index contributed by atoms with van der Waals surface area (Å²) in [6, 6.07) is 14.1. The van der Waals surface area contributed by atoms with Gasteiger partial charge < -0.3 is 15.4 Å². The van der Waals surface area contributed by atoms with E-state index in [9.17, 15) is 9.59 Å². The van der Waals surface area contributed by atoms with Crippen molar-refractivity contribution in [3.05, 3.63) is 82.3 Å². The Labute approximate surface area is 179 Å². The van der Waals surface area contributed by atoms with Crippen molar-refractivity contribution in [3.63, 3.8) is 0 Å². The first kappa shape index (κ1) is 21.3. The van der Waals surface area contributed by atoms with Crippen LogP contribution in [0.3, 0.4) is 0 Å². The number of rotatable bonds is 8. The summed E-state index contributed by atoms with van der Waals surface area (Å²) in [5.74, 6) is 0.633. The van der Waals surface area contributed by atoms with E-state index in [4.69, 9.17) is 4.74 Å². The highest BCUT2D eigenvalue weighted by molar-refractivity contribution is 7.07. The Balaban J connectivity index is 1.52. The zero-order valence-electron chi connectivity index (χ0n) is 16.8. The molecule has 0 bridgehead atoms. The highest BCUT2D eigenvalue weighted by Gasteiger charge is 2.05. The van der Waals surface area contributed by atoms with Gasteiger partial charge in [-0.1, -0.05) is 18.2 Å². The molecule has 0 saturated carbocycles. The van der Waals surface area contributed by atoms with Gasteiger partial charge in [0.2, 0.25) is 0 Å². The van der Waals surface area contributed by atoms with Gasteiger partial charge in [-0.2, -0.15) is 0 Å². The van der Waals surface area contributed by atoms with Gasteiger partial charge in [0, 0.05) is 22.7 Å². The maximum Gasteiger partial charge on any atom is 0.319 e. The van der Waals surface area contributed by atoms with E-state index >= 15 is 0 Å². The topological polar surface area (TPSA) is 80.3 Å². The van der Waals surface area contributed by atoms with Crippen molar-refractivity contribution in [1.29, 1.82) is 0 Å². The summed E-state index contributed by atoms with van der Waals surface area (Å²) in [6.07, 6.45) is 3.29. The van der Waals surface area contributed by atoms with Gasteiger partial charge in [0.05, 0.1) is 11.2 Å². The molecule has 6 nitrogen and oxygen atoms in total. The molecule has 3 rings (SSSR count). The summed E-state index contributed by atoms with van der Waals surface area (Å²) >= 11 is 1.54. The molecule has 1 aromatic heterocycles. The predicted octanol–water partition coefficient (Wildman–Crippen LogP) is 5.15. The van der Waals surface area contributed by atoms with Crippen LogP contribution in [0.1, 0.15) is 35.5 Å². The fraction of sp³-hybridized carbons (Fsp3) is 0.174. The molecule has 2 amide bonds. The molecule has 7 heteroatoms. The molecule has 0 aliphatic rings. The number of urea groups is 1. The molecule has 0 aliphatic carbocycles. The molecule has 0 aliphatic heterocycles. The molecule has 0 spiro atoms. The van der Waals surface area contributed by atoms with E-state index in [1.807, 2.05) is 43.5 Å². The second-order valence-electron chi connectivity index (χ2n) is 6.87. The fourth-order valence-electron chi connectivity index (χ4n) is 2.56. The second-order valence-corrected chi connectivity index (χ2v) is 7.58. The van der Waals surface area contributed by atoms with Crippen LogP contribution in [0.15, 0.2) is 65.5 Å². The van der Waals surface area contributed by atoms with Crippen LogP contribution in [0.25, 0.3) is 6.08 Å². The van der Waals surface area contributed by atoms with Crippen molar-refractivity contribution >= 4 is 34.9 Å². The first-order chi connectivity index (χ1) is 14.5.